The van der Waals surface area contributed by atoms with Crippen molar-refractivity contribution in [2.45, 2.75) is 20.8 Å². The molecule has 0 aliphatic rings. The lowest BCUT2D eigenvalue weighted by Crippen LogP contribution is -2.07. The highest BCUT2D eigenvalue weighted by molar-refractivity contribution is 7.17. The maximum atomic E-state index is 12.7. The van der Waals surface area contributed by atoms with E-state index in [0.717, 1.165) is 16.7 Å². The third-order valence-corrected chi connectivity index (χ3v) is 3.44. The minimum absolute atomic E-state index is 0.112. The third kappa shape index (κ3) is 2.78. The minimum Gasteiger partial charge on any atom is -0.407 e. The highest BCUT2D eigenvalue weighted by Crippen LogP contribution is 2.27. The quantitative estimate of drug-likeness (QED) is 0.617. The predicted molar refractivity (Wildman–Crippen MR) is 78.8 cm³/mol. The van der Waals surface area contributed by atoms with Crippen LogP contribution < -0.4 is 4.52 Å². The van der Waals surface area contributed by atoms with Crippen molar-refractivity contribution in [1.82, 2.24) is 0 Å². The molecule has 0 aliphatic heterocycles. The smallest absolute Gasteiger partial charge is 0.395 e. The van der Waals surface area contributed by atoms with Crippen LogP contribution in [0.5, 0.6) is 5.75 Å². The fourth-order valence-corrected chi connectivity index (χ4v) is 2.69. The van der Waals surface area contributed by atoms with Gasteiger partial charge in [0.05, 0.1) is 5.56 Å². The summed E-state index contributed by atoms with van der Waals surface area (Å²) in [6, 6.07) is 10.8. The number of hydrogen-bond acceptors (Lipinski definition) is 3. The van der Waals surface area contributed by atoms with Gasteiger partial charge in [0.15, 0.2) is 5.78 Å². The van der Waals surface area contributed by atoms with Crippen LogP contribution in [0.1, 0.15) is 32.6 Å². The molecule has 0 N–H and O–H groups in total. The fraction of sp³-hybridized carbons (Fsp3) is 0.188. The van der Waals surface area contributed by atoms with Crippen molar-refractivity contribution in [3.8, 4) is 5.75 Å². The van der Waals surface area contributed by atoms with Gasteiger partial charge in [-0.3, -0.25) is 4.79 Å². The lowest BCUT2D eigenvalue weighted by molar-refractivity contribution is 0.103. The van der Waals surface area contributed by atoms with E-state index in [9.17, 15) is 9.36 Å². The Hall–Kier alpha value is -1.99. The van der Waals surface area contributed by atoms with E-state index in [1.807, 2.05) is 32.9 Å². The van der Waals surface area contributed by atoms with Crippen molar-refractivity contribution in [3.63, 3.8) is 0 Å². The average molecular weight is 286 g/mol. The number of rotatable bonds is 4. The SMILES string of the molecule is Cc1cc(C)c(C(=O)c2ccccc2OP=O)c(C)c1. The van der Waals surface area contributed by atoms with Crippen LogP contribution in [-0.4, -0.2) is 5.78 Å². The Labute approximate surface area is 119 Å². The van der Waals surface area contributed by atoms with Crippen molar-refractivity contribution in [1.29, 1.82) is 0 Å². The molecule has 20 heavy (non-hydrogen) atoms. The Morgan fingerprint density at radius 3 is 2.25 bits per heavy atom. The van der Waals surface area contributed by atoms with Crippen LogP contribution in [0.25, 0.3) is 0 Å². The summed E-state index contributed by atoms with van der Waals surface area (Å²) in [5, 5.41) is 0. The monoisotopic (exact) mass is 286 g/mol. The van der Waals surface area contributed by atoms with Gasteiger partial charge in [0, 0.05) is 5.56 Å². The van der Waals surface area contributed by atoms with E-state index in [-0.39, 0.29) is 5.78 Å². The highest BCUT2D eigenvalue weighted by atomic mass is 31.1. The molecule has 0 heterocycles. The molecule has 2 rings (SSSR count). The van der Waals surface area contributed by atoms with Crippen LogP contribution in [0.4, 0.5) is 0 Å². The largest absolute Gasteiger partial charge is 0.407 e. The van der Waals surface area contributed by atoms with Crippen LogP contribution in [0, 0.1) is 20.8 Å². The van der Waals surface area contributed by atoms with Gasteiger partial charge in [0.25, 0.3) is 0 Å². The van der Waals surface area contributed by atoms with Gasteiger partial charge in [-0.05, 0) is 44.0 Å². The van der Waals surface area contributed by atoms with E-state index in [4.69, 9.17) is 4.52 Å². The van der Waals surface area contributed by atoms with Gasteiger partial charge in [-0.2, -0.15) is 0 Å². The number of aryl methyl sites for hydroxylation is 3. The molecule has 0 aromatic heterocycles. The van der Waals surface area contributed by atoms with E-state index in [2.05, 4.69) is 0 Å². The van der Waals surface area contributed by atoms with Crippen molar-refractivity contribution in [2.24, 2.45) is 0 Å². The summed E-state index contributed by atoms with van der Waals surface area (Å²) in [4.78, 5) is 12.7. The maximum absolute atomic E-state index is 12.7. The Balaban J connectivity index is 2.55. The van der Waals surface area contributed by atoms with Gasteiger partial charge >= 0.3 is 8.69 Å². The average Bonchev–Trinajstić information content (AvgIpc) is 2.38. The van der Waals surface area contributed by atoms with Gasteiger partial charge in [-0.1, -0.05) is 29.8 Å². The minimum atomic E-state index is -0.469. The van der Waals surface area contributed by atoms with E-state index >= 15 is 0 Å². The molecule has 0 saturated carbocycles. The second-order valence-corrected chi connectivity index (χ2v) is 5.10. The summed E-state index contributed by atoms with van der Waals surface area (Å²) < 4.78 is 15.6. The molecule has 0 saturated heterocycles. The zero-order valence-electron chi connectivity index (χ0n) is 11.6. The normalized spacial score (nSPS) is 10.6. The van der Waals surface area contributed by atoms with Crippen LogP contribution in [0.15, 0.2) is 36.4 Å². The molecule has 102 valence electrons. The summed E-state index contributed by atoms with van der Waals surface area (Å²) in [5.74, 6) is 0.216. The van der Waals surface area contributed by atoms with Crippen LogP contribution in [0.2, 0.25) is 0 Å². The highest BCUT2D eigenvalue weighted by Gasteiger charge is 2.18. The van der Waals surface area contributed by atoms with Crippen LogP contribution in [0.3, 0.4) is 0 Å². The summed E-state index contributed by atoms with van der Waals surface area (Å²) in [5.41, 5.74) is 4.09. The van der Waals surface area contributed by atoms with E-state index in [1.54, 1.807) is 24.3 Å². The van der Waals surface area contributed by atoms with Gasteiger partial charge < -0.3 is 4.52 Å². The van der Waals surface area contributed by atoms with Crippen LogP contribution >= 0.6 is 8.69 Å². The molecular weight excluding hydrogens is 271 g/mol. The van der Waals surface area contributed by atoms with Gasteiger partial charge in [-0.25, -0.2) is 4.57 Å². The summed E-state index contributed by atoms with van der Waals surface area (Å²) in [6.45, 7) is 5.84. The molecule has 0 amide bonds. The number of carbonyl (C=O) groups excluding carboxylic acids is 1. The third-order valence-electron chi connectivity index (χ3n) is 3.17. The number of carbonyl (C=O) groups is 1. The molecule has 3 nitrogen and oxygen atoms in total. The molecule has 4 heteroatoms. The molecule has 0 fully saturated rings. The second kappa shape index (κ2) is 5.98. The zero-order chi connectivity index (χ0) is 14.7. The molecule has 0 spiro atoms. The fourth-order valence-electron chi connectivity index (χ4n) is 2.45. The molecular formula is C16H15O3P. The maximum Gasteiger partial charge on any atom is 0.395 e. The van der Waals surface area contributed by atoms with E-state index in [0.29, 0.717) is 16.9 Å². The first kappa shape index (κ1) is 14.4. The van der Waals surface area contributed by atoms with Crippen molar-refractivity contribution in [3.05, 3.63) is 64.2 Å². The van der Waals surface area contributed by atoms with Crippen molar-refractivity contribution >= 4 is 14.5 Å². The van der Waals surface area contributed by atoms with E-state index in [1.165, 1.54) is 0 Å². The standard InChI is InChI=1S/C16H15O3P/c1-10-8-11(2)15(12(3)9-10)16(17)13-6-4-5-7-14(13)19-20-18/h4-9H,1-3H3. The molecule has 0 radical (unpaired) electrons. The number of ketones is 1. The molecule has 0 bridgehead atoms. The molecule has 2 aromatic carbocycles. The lowest BCUT2D eigenvalue weighted by atomic mass is 9.93. The van der Waals surface area contributed by atoms with Gasteiger partial charge in [0.1, 0.15) is 5.75 Å². The molecule has 0 unspecified atom stereocenters. The van der Waals surface area contributed by atoms with Gasteiger partial charge in [-0.15, -0.1) is 0 Å². The first-order valence-corrected chi connectivity index (χ1v) is 6.99. The number of para-hydroxylation sites is 1. The molecule has 0 aliphatic carbocycles. The Morgan fingerprint density at radius 1 is 1.05 bits per heavy atom. The number of benzene rings is 2. The Morgan fingerprint density at radius 2 is 1.65 bits per heavy atom. The topological polar surface area (TPSA) is 43.4 Å². The van der Waals surface area contributed by atoms with Crippen molar-refractivity contribution < 1.29 is 13.9 Å². The molecule has 0 atom stereocenters. The second-order valence-electron chi connectivity index (χ2n) is 4.76. The lowest BCUT2D eigenvalue weighted by Gasteiger charge is -2.12. The van der Waals surface area contributed by atoms with Gasteiger partial charge in [0.2, 0.25) is 0 Å². The summed E-state index contributed by atoms with van der Waals surface area (Å²) >= 11 is 0. The molecule has 2 aromatic rings. The Kier molecular flexibility index (Phi) is 4.31. The predicted octanol–water partition coefficient (Wildman–Crippen LogP) is 4.43. The summed E-state index contributed by atoms with van der Waals surface area (Å²) in [6.07, 6.45) is 0. The van der Waals surface area contributed by atoms with Crippen molar-refractivity contribution in [2.75, 3.05) is 0 Å². The Bertz CT molecular complexity index is 654. The first-order valence-electron chi connectivity index (χ1n) is 6.26. The first-order chi connectivity index (χ1) is 9.54. The van der Waals surface area contributed by atoms with E-state index < -0.39 is 8.69 Å². The zero-order valence-corrected chi connectivity index (χ0v) is 12.5. The van der Waals surface area contributed by atoms with Crippen LogP contribution in [-0.2, 0) is 4.57 Å². The number of hydrogen-bond donors (Lipinski definition) is 0. The summed E-state index contributed by atoms with van der Waals surface area (Å²) in [7, 11) is -0.469.